The average molecular weight is 637 g/mol. The highest BCUT2D eigenvalue weighted by Crippen LogP contribution is 2.16. The highest BCUT2D eigenvalue weighted by molar-refractivity contribution is 5.77. The van der Waals surface area contributed by atoms with Crippen molar-refractivity contribution in [2.45, 2.75) is 82.8 Å². The van der Waals surface area contributed by atoms with Gasteiger partial charge in [0.2, 0.25) is 35.8 Å². The zero-order valence-corrected chi connectivity index (χ0v) is 26.1. The third-order valence-electron chi connectivity index (χ3n) is 6.31. The maximum absolute atomic E-state index is 12.4. The summed E-state index contributed by atoms with van der Waals surface area (Å²) in [6.07, 6.45) is 14.5. The molecule has 15 heteroatoms. The summed E-state index contributed by atoms with van der Waals surface area (Å²) < 4.78 is 16.6. The minimum atomic E-state index is -1.76. The maximum atomic E-state index is 12.4. The molecule has 252 valence electrons. The van der Waals surface area contributed by atoms with Crippen LogP contribution in [0, 0.1) is 0 Å². The largest absolute Gasteiger partial charge is 0.443 e. The number of hydrogen-bond acceptors (Lipinski definition) is 12. The zero-order valence-electron chi connectivity index (χ0n) is 26.1. The van der Waals surface area contributed by atoms with Crippen molar-refractivity contribution in [3.8, 4) is 0 Å². The molecule has 0 fully saturated rings. The Labute approximate surface area is 264 Å². The lowest BCUT2D eigenvalue weighted by Crippen LogP contribution is -2.45. The van der Waals surface area contributed by atoms with Crippen LogP contribution in [-0.4, -0.2) is 101 Å². The summed E-state index contributed by atoms with van der Waals surface area (Å²) in [4.78, 5) is 77.8. The molecule has 0 radical (unpaired) electrons. The summed E-state index contributed by atoms with van der Waals surface area (Å²) >= 11 is 0. The molecule has 0 atom stereocenters. The fraction of sp³-hybridized carbons (Fsp3) is 0.733. The van der Waals surface area contributed by atoms with Gasteiger partial charge in [0, 0.05) is 19.6 Å². The van der Waals surface area contributed by atoms with Crippen molar-refractivity contribution in [3.05, 3.63) is 12.7 Å². The van der Waals surface area contributed by atoms with E-state index in [-0.39, 0.29) is 0 Å². The van der Waals surface area contributed by atoms with Crippen molar-refractivity contribution in [3.63, 3.8) is 0 Å². The number of carbonyl (C=O) groups is 3. The first-order chi connectivity index (χ1) is 21.9. The summed E-state index contributed by atoms with van der Waals surface area (Å²) in [6.45, 7) is 4.85. The van der Waals surface area contributed by atoms with Crippen LogP contribution in [0.1, 0.15) is 77.0 Å². The van der Waals surface area contributed by atoms with Crippen LogP contribution < -0.4 is 16.0 Å². The highest BCUT2D eigenvalue weighted by Gasteiger charge is 2.33. The predicted molar refractivity (Wildman–Crippen MR) is 165 cm³/mol. The lowest BCUT2D eigenvalue weighted by Gasteiger charge is -2.29. The SMILES string of the molecule is C=CC(COC(=O)NCCCCCCN=C=O)(OCC(=O)NCCCCCCN=C=O)OCC(=O)NCCCCCCN=C=O. The van der Waals surface area contributed by atoms with Crippen LogP contribution in [0.3, 0.4) is 0 Å². The molecule has 0 aliphatic rings. The molecule has 0 saturated carbocycles. The van der Waals surface area contributed by atoms with E-state index in [0.717, 1.165) is 70.6 Å². The van der Waals surface area contributed by atoms with Gasteiger partial charge in [-0.15, -0.1) is 0 Å². The molecule has 0 bridgehead atoms. The summed E-state index contributed by atoms with van der Waals surface area (Å²) in [5.41, 5.74) is 0. The quantitative estimate of drug-likeness (QED) is 0.0348. The van der Waals surface area contributed by atoms with E-state index in [0.29, 0.717) is 45.7 Å². The average Bonchev–Trinajstić information content (AvgIpc) is 3.04. The van der Waals surface area contributed by atoms with Gasteiger partial charge in [-0.25, -0.2) is 34.2 Å². The summed E-state index contributed by atoms with van der Waals surface area (Å²) in [6, 6.07) is 0. The lowest BCUT2D eigenvalue weighted by molar-refractivity contribution is -0.221. The smallest absolute Gasteiger partial charge is 0.407 e. The predicted octanol–water partition coefficient (Wildman–Crippen LogP) is 2.55. The molecule has 15 nitrogen and oxygen atoms in total. The van der Waals surface area contributed by atoms with Gasteiger partial charge in [0.15, 0.2) is 6.61 Å². The second kappa shape index (κ2) is 30.1. The number of rotatable bonds is 30. The van der Waals surface area contributed by atoms with Crippen LogP contribution in [0.15, 0.2) is 27.6 Å². The molecule has 3 N–H and O–H groups in total. The van der Waals surface area contributed by atoms with Crippen molar-refractivity contribution >= 4 is 36.1 Å². The second-order valence-corrected chi connectivity index (χ2v) is 9.96. The van der Waals surface area contributed by atoms with Gasteiger partial charge < -0.3 is 30.2 Å². The Morgan fingerprint density at radius 2 is 0.978 bits per heavy atom. The van der Waals surface area contributed by atoms with Crippen molar-refractivity contribution in [1.29, 1.82) is 0 Å². The van der Waals surface area contributed by atoms with Crippen molar-refractivity contribution in [2.24, 2.45) is 15.0 Å². The Kier molecular flexibility index (Phi) is 27.4. The van der Waals surface area contributed by atoms with Gasteiger partial charge in [-0.1, -0.05) is 45.1 Å². The Bertz CT molecular complexity index is 874. The molecule has 45 heavy (non-hydrogen) atoms. The Morgan fingerprint density at radius 3 is 1.36 bits per heavy atom. The van der Waals surface area contributed by atoms with Gasteiger partial charge in [0.1, 0.15) is 13.2 Å². The number of unbranched alkanes of at least 4 members (excludes halogenated alkanes) is 9. The lowest BCUT2D eigenvalue weighted by atomic mass is 10.2. The van der Waals surface area contributed by atoms with Gasteiger partial charge in [0.05, 0.1) is 19.6 Å². The number of amides is 3. The normalized spacial score (nSPS) is 11.5. The van der Waals surface area contributed by atoms with Gasteiger partial charge in [-0.2, -0.15) is 0 Å². The van der Waals surface area contributed by atoms with Gasteiger partial charge in [-0.05, 0) is 44.6 Å². The Balaban J connectivity index is 4.75. The van der Waals surface area contributed by atoms with E-state index in [4.69, 9.17) is 14.2 Å². The Morgan fingerprint density at radius 1 is 0.600 bits per heavy atom. The second-order valence-electron chi connectivity index (χ2n) is 9.96. The van der Waals surface area contributed by atoms with Crippen LogP contribution in [-0.2, 0) is 38.2 Å². The number of alkyl carbamates (subject to hydrolysis) is 1. The molecule has 0 unspecified atom stereocenters. The first-order valence-corrected chi connectivity index (χ1v) is 15.4. The van der Waals surface area contributed by atoms with E-state index < -0.39 is 43.5 Å². The minimum absolute atomic E-state index is 0.359. The minimum Gasteiger partial charge on any atom is -0.443 e. The first kappa shape index (κ1) is 41.0. The number of hydrogen-bond donors (Lipinski definition) is 3. The third kappa shape index (κ3) is 26.2. The molecule has 0 rings (SSSR count). The molecular formula is C30H48N6O9. The van der Waals surface area contributed by atoms with Crippen molar-refractivity contribution < 1.29 is 43.0 Å². The molecule has 0 aromatic heterocycles. The molecule has 0 aromatic rings. The zero-order chi connectivity index (χ0) is 33.3. The highest BCUT2D eigenvalue weighted by atomic mass is 16.7. The van der Waals surface area contributed by atoms with Crippen LogP contribution >= 0.6 is 0 Å². The summed E-state index contributed by atoms with van der Waals surface area (Å²) in [5, 5.41) is 8.09. The van der Waals surface area contributed by atoms with E-state index in [2.05, 4.69) is 37.5 Å². The molecule has 0 aromatic carbocycles. The fourth-order valence-electron chi connectivity index (χ4n) is 3.79. The number of aliphatic imine (C=N–C) groups is 3. The topological polar surface area (TPSA) is 203 Å². The molecule has 0 saturated heterocycles. The van der Waals surface area contributed by atoms with E-state index in [9.17, 15) is 28.8 Å². The van der Waals surface area contributed by atoms with E-state index >= 15 is 0 Å². The van der Waals surface area contributed by atoms with E-state index in [1.807, 2.05) is 0 Å². The number of nitrogens with zero attached hydrogens (tertiary/aromatic N) is 3. The van der Waals surface area contributed by atoms with Crippen LogP contribution in [0.5, 0.6) is 0 Å². The van der Waals surface area contributed by atoms with E-state index in [1.165, 1.54) is 24.3 Å². The number of nitrogens with one attached hydrogen (secondary N) is 3. The molecule has 0 heterocycles. The summed E-state index contributed by atoms with van der Waals surface area (Å²) in [5.74, 6) is -2.62. The number of ether oxygens (including phenoxy) is 3. The van der Waals surface area contributed by atoms with Crippen molar-refractivity contribution in [1.82, 2.24) is 16.0 Å². The molecular weight excluding hydrogens is 588 g/mol. The Hall–Kier alpha value is -3.99. The molecule has 3 amide bonds. The summed E-state index contributed by atoms with van der Waals surface area (Å²) in [7, 11) is 0. The number of carbonyl (C=O) groups excluding carboxylic acids is 6. The maximum Gasteiger partial charge on any atom is 0.407 e. The van der Waals surface area contributed by atoms with Crippen LogP contribution in [0.2, 0.25) is 0 Å². The van der Waals surface area contributed by atoms with E-state index in [1.54, 1.807) is 0 Å². The first-order valence-electron chi connectivity index (χ1n) is 15.4. The van der Waals surface area contributed by atoms with Gasteiger partial charge in [0.25, 0.3) is 0 Å². The third-order valence-corrected chi connectivity index (χ3v) is 6.31. The van der Waals surface area contributed by atoms with Gasteiger partial charge in [-0.3, -0.25) is 9.59 Å². The fourth-order valence-corrected chi connectivity index (χ4v) is 3.79. The molecule has 0 aliphatic heterocycles. The molecule has 0 aliphatic carbocycles. The van der Waals surface area contributed by atoms with Crippen molar-refractivity contribution in [2.75, 3.05) is 59.1 Å². The van der Waals surface area contributed by atoms with Crippen LogP contribution in [0.4, 0.5) is 4.79 Å². The monoisotopic (exact) mass is 636 g/mol. The van der Waals surface area contributed by atoms with Crippen LogP contribution in [0.25, 0.3) is 0 Å². The number of isocyanates is 3. The van der Waals surface area contributed by atoms with Gasteiger partial charge >= 0.3 is 6.09 Å². The molecule has 0 spiro atoms. The standard InChI is InChI=1S/C30H48N6O9/c1-2-30(23-43-29(42)36-20-14-8-5-11-17-33-26-39,44-21-27(40)34-18-12-6-3-9-15-31-24-37)45-22-28(41)35-19-13-7-4-10-16-32-25-38/h2H,1,3-23H2,(H,34,40)(H,35,41)(H,36,42).